The lowest BCUT2D eigenvalue weighted by Gasteiger charge is -2.13. The zero-order valence-electron chi connectivity index (χ0n) is 13.2. The van der Waals surface area contributed by atoms with Crippen molar-refractivity contribution in [3.05, 3.63) is 55.9 Å². The van der Waals surface area contributed by atoms with Gasteiger partial charge < -0.3 is 5.32 Å². The number of anilines is 1. The SMILES string of the molecule is Cc1cc([N+](=O)[O-])ccc1NC(=O)C(C)n1cc([N+](=O)[O-])c(C)n1. The molecule has 10 nitrogen and oxygen atoms in total. The van der Waals surface area contributed by atoms with Crippen molar-refractivity contribution in [2.75, 3.05) is 5.32 Å². The summed E-state index contributed by atoms with van der Waals surface area (Å²) in [6, 6.07) is 3.29. The second-order valence-electron chi connectivity index (χ2n) is 5.26. The van der Waals surface area contributed by atoms with E-state index in [4.69, 9.17) is 0 Å². The van der Waals surface area contributed by atoms with E-state index < -0.39 is 21.8 Å². The number of rotatable bonds is 5. The monoisotopic (exact) mass is 333 g/mol. The molecule has 1 aromatic carbocycles. The smallest absolute Gasteiger partial charge is 0.309 e. The zero-order chi connectivity index (χ0) is 18.0. The number of nitrogens with zero attached hydrogens (tertiary/aromatic N) is 4. The van der Waals surface area contributed by atoms with Gasteiger partial charge in [0, 0.05) is 17.8 Å². The van der Waals surface area contributed by atoms with Crippen LogP contribution >= 0.6 is 0 Å². The number of hydrogen-bond acceptors (Lipinski definition) is 6. The summed E-state index contributed by atoms with van der Waals surface area (Å²) in [6.45, 7) is 4.67. The first-order valence-corrected chi connectivity index (χ1v) is 6.96. The van der Waals surface area contributed by atoms with Gasteiger partial charge in [0.05, 0.1) is 9.85 Å². The average Bonchev–Trinajstić information content (AvgIpc) is 2.90. The Morgan fingerprint density at radius 3 is 2.42 bits per heavy atom. The van der Waals surface area contributed by atoms with Crippen LogP contribution in [0.2, 0.25) is 0 Å². The largest absolute Gasteiger partial charge is 0.324 e. The van der Waals surface area contributed by atoms with Gasteiger partial charge in [-0.05, 0) is 32.4 Å². The number of aryl methyl sites for hydroxylation is 2. The van der Waals surface area contributed by atoms with E-state index in [1.54, 1.807) is 13.8 Å². The number of carbonyl (C=O) groups excluding carboxylic acids is 1. The lowest BCUT2D eigenvalue weighted by molar-refractivity contribution is -0.385. The van der Waals surface area contributed by atoms with Crippen LogP contribution in [0.3, 0.4) is 0 Å². The molecule has 0 aliphatic carbocycles. The lowest BCUT2D eigenvalue weighted by atomic mass is 10.1. The third kappa shape index (κ3) is 3.37. The maximum absolute atomic E-state index is 12.3. The van der Waals surface area contributed by atoms with Crippen molar-refractivity contribution in [3.8, 4) is 0 Å². The molecule has 126 valence electrons. The van der Waals surface area contributed by atoms with Crippen LogP contribution in [-0.2, 0) is 4.79 Å². The minimum absolute atomic E-state index is 0.0723. The second-order valence-corrected chi connectivity index (χ2v) is 5.26. The Hall–Kier alpha value is -3.30. The highest BCUT2D eigenvalue weighted by atomic mass is 16.6. The molecule has 1 amide bonds. The van der Waals surface area contributed by atoms with Crippen molar-refractivity contribution in [3.63, 3.8) is 0 Å². The van der Waals surface area contributed by atoms with Crippen LogP contribution in [0.25, 0.3) is 0 Å². The van der Waals surface area contributed by atoms with Gasteiger partial charge in [-0.25, -0.2) is 0 Å². The average molecular weight is 333 g/mol. The van der Waals surface area contributed by atoms with E-state index in [1.165, 1.54) is 36.0 Å². The molecule has 1 aromatic heterocycles. The molecule has 2 aromatic rings. The van der Waals surface area contributed by atoms with Crippen LogP contribution in [0.5, 0.6) is 0 Å². The number of carbonyl (C=O) groups is 1. The van der Waals surface area contributed by atoms with Gasteiger partial charge >= 0.3 is 5.69 Å². The summed E-state index contributed by atoms with van der Waals surface area (Å²) in [7, 11) is 0. The van der Waals surface area contributed by atoms with Gasteiger partial charge in [-0.1, -0.05) is 0 Å². The highest BCUT2D eigenvalue weighted by molar-refractivity contribution is 5.94. The third-order valence-corrected chi connectivity index (χ3v) is 3.54. The normalized spacial score (nSPS) is 11.8. The number of hydrogen-bond donors (Lipinski definition) is 1. The van der Waals surface area contributed by atoms with Gasteiger partial charge in [0.15, 0.2) is 0 Å². The Bertz CT molecular complexity index is 829. The number of aromatic nitrogens is 2. The Morgan fingerprint density at radius 2 is 1.92 bits per heavy atom. The van der Waals surface area contributed by atoms with Crippen LogP contribution in [0, 0.1) is 34.1 Å². The molecule has 0 radical (unpaired) electrons. The topological polar surface area (TPSA) is 133 Å². The molecule has 0 saturated heterocycles. The quantitative estimate of drug-likeness (QED) is 0.660. The summed E-state index contributed by atoms with van der Waals surface area (Å²) in [4.78, 5) is 32.8. The fourth-order valence-electron chi connectivity index (χ4n) is 2.11. The highest BCUT2D eigenvalue weighted by Crippen LogP contribution is 2.23. The summed E-state index contributed by atoms with van der Waals surface area (Å²) >= 11 is 0. The zero-order valence-corrected chi connectivity index (χ0v) is 13.2. The second kappa shape index (κ2) is 6.44. The standard InChI is InChI=1S/C14H15N5O5/c1-8-6-11(18(21)22)4-5-12(8)15-14(20)10(3)17-7-13(19(23)24)9(2)16-17/h4-7,10H,1-3H3,(H,15,20). The number of non-ortho nitro benzene ring substituents is 1. The maximum Gasteiger partial charge on any atom is 0.309 e. The minimum Gasteiger partial charge on any atom is -0.324 e. The van der Waals surface area contributed by atoms with Crippen LogP contribution in [0.4, 0.5) is 17.1 Å². The molecule has 10 heteroatoms. The van der Waals surface area contributed by atoms with Gasteiger partial charge in [0.25, 0.3) is 5.69 Å². The first kappa shape index (κ1) is 17.1. The molecule has 24 heavy (non-hydrogen) atoms. The molecule has 2 rings (SSSR count). The minimum atomic E-state index is -0.785. The van der Waals surface area contributed by atoms with Gasteiger partial charge in [-0.3, -0.25) is 29.7 Å². The van der Waals surface area contributed by atoms with Crippen molar-refractivity contribution < 1.29 is 14.6 Å². The van der Waals surface area contributed by atoms with E-state index in [-0.39, 0.29) is 17.1 Å². The van der Waals surface area contributed by atoms with Crippen LogP contribution < -0.4 is 5.32 Å². The molecule has 0 bridgehead atoms. The Kier molecular flexibility index (Phi) is 4.58. The number of benzene rings is 1. The van der Waals surface area contributed by atoms with Gasteiger partial charge in [0.1, 0.15) is 17.9 Å². The number of nitro groups is 2. The Morgan fingerprint density at radius 1 is 1.25 bits per heavy atom. The van der Waals surface area contributed by atoms with Crippen molar-refractivity contribution in [1.29, 1.82) is 0 Å². The molecule has 0 saturated carbocycles. The fourth-order valence-corrected chi connectivity index (χ4v) is 2.11. The molecule has 1 atom stereocenters. The van der Waals surface area contributed by atoms with Crippen molar-refractivity contribution >= 4 is 23.0 Å². The maximum atomic E-state index is 12.3. The van der Waals surface area contributed by atoms with E-state index >= 15 is 0 Å². The van der Waals surface area contributed by atoms with Crippen molar-refractivity contribution in [2.24, 2.45) is 0 Å². The molecule has 1 unspecified atom stereocenters. The van der Waals surface area contributed by atoms with E-state index in [1.807, 2.05) is 0 Å². The van der Waals surface area contributed by atoms with Gasteiger partial charge in [0.2, 0.25) is 5.91 Å². The number of amides is 1. The molecule has 1 heterocycles. The molecular weight excluding hydrogens is 318 g/mol. The number of nitro benzene ring substituents is 1. The summed E-state index contributed by atoms with van der Waals surface area (Å²) in [6.07, 6.45) is 1.20. The van der Waals surface area contributed by atoms with Crippen LogP contribution in [0.15, 0.2) is 24.4 Å². The van der Waals surface area contributed by atoms with E-state index in [0.717, 1.165) is 0 Å². The van der Waals surface area contributed by atoms with Crippen molar-refractivity contribution in [2.45, 2.75) is 26.8 Å². The molecule has 0 aliphatic heterocycles. The summed E-state index contributed by atoms with van der Waals surface area (Å²) in [5, 5.41) is 28.2. The van der Waals surface area contributed by atoms with Crippen LogP contribution in [-0.4, -0.2) is 25.5 Å². The lowest BCUT2D eigenvalue weighted by Crippen LogP contribution is -2.24. The van der Waals surface area contributed by atoms with E-state index in [0.29, 0.717) is 11.3 Å². The summed E-state index contributed by atoms with van der Waals surface area (Å²) in [5.41, 5.74) is 0.937. The van der Waals surface area contributed by atoms with Crippen LogP contribution in [0.1, 0.15) is 24.2 Å². The molecule has 0 fully saturated rings. The summed E-state index contributed by atoms with van der Waals surface area (Å²) in [5.74, 6) is -0.440. The third-order valence-electron chi connectivity index (χ3n) is 3.54. The first-order chi connectivity index (χ1) is 11.2. The van der Waals surface area contributed by atoms with Crippen molar-refractivity contribution in [1.82, 2.24) is 9.78 Å². The molecular formula is C14H15N5O5. The van der Waals surface area contributed by atoms with E-state index in [9.17, 15) is 25.0 Å². The fraction of sp³-hybridized carbons (Fsp3) is 0.286. The predicted molar refractivity (Wildman–Crippen MR) is 84.8 cm³/mol. The highest BCUT2D eigenvalue weighted by Gasteiger charge is 2.22. The molecule has 0 spiro atoms. The van der Waals surface area contributed by atoms with Gasteiger partial charge in [-0.15, -0.1) is 0 Å². The van der Waals surface area contributed by atoms with E-state index in [2.05, 4.69) is 10.4 Å². The Balaban J connectivity index is 2.19. The molecule has 0 aliphatic rings. The number of nitrogens with one attached hydrogen (secondary N) is 1. The van der Waals surface area contributed by atoms with Gasteiger partial charge in [-0.2, -0.15) is 5.10 Å². The first-order valence-electron chi connectivity index (χ1n) is 6.96. The molecule has 1 N–H and O–H groups in total. The Labute approximate surface area is 136 Å². The predicted octanol–water partition coefficient (Wildman–Crippen LogP) is 2.52. The summed E-state index contributed by atoms with van der Waals surface area (Å²) < 4.78 is 1.21.